The van der Waals surface area contributed by atoms with Crippen LogP contribution in [-0.2, 0) is 6.61 Å². The maximum Gasteiger partial charge on any atom is 0.125 e. The molecule has 0 saturated heterocycles. The normalized spacial score (nSPS) is 11.5. The molecule has 2 rings (SSSR count). The lowest BCUT2D eigenvalue weighted by molar-refractivity contribution is 0.292. The van der Waals surface area contributed by atoms with Crippen molar-refractivity contribution in [2.45, 2.75) is 19.6 Å². The van der Waals surface area contributed by atoms with Crippen molar-refractivity contribution in [3.8, 4) is 17.6 Å². The SMILES string of the molecule is COc1ccc(C#N)cc1COc1ccccc1[C@H](C)N. The number of ether oxygens (including phenoxy) is 2. The first-order valence-corrected chi connectivity index (χ1v) is 6.70. The molecule has 0 unspecified atom stereocenters. The van der Waals surface area contributed by atoms with Crippen LogP contribution in [0.1, 0.15) is 29.7 Å². The summed E-state index contributed by atoms with van der Waals surface area (Å²) in [5.74, 6) is 1.45. The standard InChI is InChI=1S/C17H18N2O2/c1-12(19)15-5-3-4-6-17(15)21-11-14-9-13(10-18)7-8-16(14)20-2/h3-9,12H,11,19H2,1-2H3/t12-/m0/s1. The first-order chi connectivity index (χ1) is 10.2. The molecule has 0 bridgehead atoms. The Balaban J connectivity index is 2.22. The van der Waals surface area contributed by atoms with E-state index in [4.69, 9.17) is 20.5 Å². The second kappa shape index (κ2) is 6.78. The molecule has 0 radical (unpaired) electrons. The Kier molecular flexibility index (Phi) is 4.81. The third-order valence-corrected chi connectivity index (χ3v) is 3.20. The van der Waals surface area contributed by atoms with E-state index in [9.17, 15) is 0 Å². The maximum absolute atomic E-state index is 8.98. The Labute approximate surface area is 124 Å². The maximum atomic E-state index is 8.98. The largest absolute Gasteiger partial charge is 0.496 e. The number of nitrogens with zero attached hydrogens (tertiary/aromatic N) is 1. The number of hydrogen-bond acceptors (Lipinski definition) is 4. The van der Waals surface area contributed by atoms with E-state index >= 15 is 0 Å². The zero-order valence-electron chi connectivity index (χ0n) is 12.2. The number of para-hydroxylation sites is 1. The van der Waals surface area contributed by atoms with Gasteiger partial charge in [0.25, 0.3) is 0 Å². The van der Waals surface area contributed by atoms with Crippen LogP contribution >= 0.6 is 0 Å². The highest BCUT2D eigenvalue weighted by Gasteiger charge is 2.10. The monoisotopic (exact) mass is 282 g/mol. The summed E-state index contributed by atoms with van der Waals surface area (Å²) in [6.07, 6.45) is 0. The summed E-state index contributed by atoms with van der Waals surface area (Å²) in [5, 5.41) is 8.98. The highest BCUT2D eigenvalue weighted by atomic mass is 16.5. The van der Waals surface area contributed by atoms with Crippen molar-refractivity contribution in [3.63, 3.8) is 0 Å². The van der Waals surface area contributed by atoms with E-state index in [0.29, 0.717) is 17.9 Å². The first-order valence-electron chi connectivity index (χ1n) is 6.70. The van der Waals surface area contributed by atoms with Crippen LogP contribution in [0.3, 0.4) is 0 Å². The van der Waals surface area contributed by atoms with Crippen LogP contribution < -0.4 is 15.2 Å². The number of rotatable bonds is 5. The van der Waals surface area contributed by atoms with Crippen molar-refractivity contribution in [1.29, 1.82) is 5.26 Å². The van der Waals surface area contributed by atoms with Gasteiger partial charge in [-0.05, 0) is 31.2 Å². The van der Waals surface area contributed by atoms with Crippen molar-refractivity contribution >= 4 is 0 Å². The molecule has 0 aliphatic rings. The molecule has 0 spiro atoms. The van der Waals surface area contributed by atoms with E-state index in [0.717, 1.165) is 16.9 Å². The molecule has 2 aromatic carbocycles. The Morgan fingerprint density at radius 3 is 2.62 bits per heavy atom. The first kappa shape index (κ1) is 14.9. The molecule has 2 N–H and O–H groups in total. The van der Waals surface area contributed by atoms with Crippen LogP contribution in [0.25, 0.3) is 0 Å². The lowest BCUT2D eigenvalue weighted by atomic mass is 10.1. The third kappa shape index (κ3) is 3.53. The molecule has 0 fully saturated rings. The van der Waals surface area contributed by atoms with E-state index in [-0.39, 0.29) is 6.04 Å². The predicted octanol–water partition coefficient (Wildman–Crippen LogP) is 3.17. The van der Waals surface area contributed by atoms with Crippen molar-refractivity contribution in [2.24, 2.45) is 5.73 Å². The quantitative estimate of drug-likeness (QED) is 0.914. The second-order valence-corrected chi connectivity index (χ2v) is 4.75. The van der Waals surface area contributed by atoms with Gasteiger partial charge in [-0.1, -0.05) is 18.2 Å². The number of nitrogens with two attached hydrogens (primary N) is 1. The van der Waals surface area contributed by atoms with Gasteiger partial charge in [0.2, 0.25) is 0 Å². The zero-order valence-corrected chi connectivity index (χ0v) is 12.2. The molecule has 0 aliphatic carbocycles. The lowest BCUT2D eigenvalue weighted by Crippen LogP contribution is -2.08. The fourth-order valence-corrected chi connectivity index (χ4v) is 2.10. The van der Waals surface area contributed by atoms with Gasteiger partial charge in [-0.3, -0.25) is 0 Å². The summed E-state index contributed by atoms with van der Waals surface area (Å²) >= 11 is 0. The van der Waals surface area contributed by atoms with Gasteiger partial charge >= 0.3 is 0 Å². The molecule has 0 saturated carbocycles. The molecule has 0 amide bonds. The van der Waals surface area contributed by atoms with Crippen molar-refractivity contribution in [2.75, 3.05) is 7.11 Å². The van der Waals surface area contributed by atoms with Gasteiger partial charge in [0.1, 0.15) is 18.1 Å². The van der Waals surface area contributed by atoms with Gasteiger partial charge in [0.15, 0.2) is 0 Å². The summed E-state index contributed by atoms with van der Waals surface area (Å²) in [6.45, 7) is 2.24. The van der Waals surface area contributed by atoms with Gasteiger partial charge in [-0.25, -0.2) is 0 Å². The van der Waals surface area contributed by atoms with Crippen LogP contribution in [-0.4, -0.2) is 7.11 Å². The highest BCUT2D eigenvalue weighted by Crippen LogP contribution is 2.26. The number of nitriles is 1. The minimum Gasteiger partial charge on any atom is -0.496 e. The molecule has 0 aromatic heterocycles. The Morgan fingerprint density at radius 2 is 1.95 bits per heavy atom. The van der Waals surface area contributed by atoms with E-state index in [2.05, 4.69) is 6.07 Å². The van der Waals surface area contributed by atoms with E-state index in [1.807, 2.05) is 31.2 Å². The minimum absolute atomic E-state index is 0.103. The predicted molar refractivity (Wildman–Crippen MR) is 81.1 cm³/mol. The number of hydrogen-bond donors (Lipinski definition) is 1. The summed E-state index contributed by atoms with van der Waals surface area (Å²) in [7, 11) is 1.60. The molecule has 1 atom stereocenters. The molecule has 4 heteroatoms. The van der Waals surface area contributed by atoms with Crippen molar-refractivity contribution in [3.05, 3.63) is 59.2 Å². The molecule has 0 aliphatic heterocycles. The van der Waals surface area contributed by atoms with E-state index in [1.54, 1.807) is 25.3 Å². The van der Waals surface area contributed by atoms with Crippen LogP contribution in [0.4, 0.5) is 0 Å². The Morgan fingerprint density at radius 1 is 1.19 bits per heavy atom. The summed E-state index contributed by atoms with van der Waals surface area (Å²) in [4.78, 5) is 0. The van der Waals surface area contributed by atoms with Gasteiger partial charge < -0.3 is 15.2 Å². The average molecular weight is 282 g/mol. The topological polar surface area (TPSA) is 68.3 Å². The molecule has 2 aromatic rings. The average Bonchev–Trinajstić information content (AvgIpc) is 2.52. The van der Waals surface area contributed by atoms with Crippen LogP contribution in [0.5, 0.6) is 11.5 Å². The minimum atomic E-state index is -0.103. The smallest absolute Gasteiger partial charge is 0.125 e. The van der Waals surface area contributed by atoms with Gasteiger partial charge in [-0.15, -0.1) is 0 Å². The second-order valence-electron chi connectivity index (χ2n) is 4.75. The summed E-state index contributed by atoms with van der Waals surface area (Å²) in [5.41, 5.74) is 8.30. The van der Waals surface area contributed by atoms with Crippen LogP contribution in [0.15, 0.2) is 42.5 Å². The molecule has 21 heavy (non-hydrogen) atoms. The molecular weight excluding hydrogens is 264 g/mol. The van der Waals surface area contributed by atoms with E-state index < -0.39 is 0 Å². The molecule has 0 heterocycles. The van der Waals surface area contributed by atoms with Gasteiger partial charge in [0, 0.05) is 17.2 Å². The van der Waals surface area contributed by atoms with E-state index in [1.165, 1.54) is 0 Å². The number of benzene rings is 2. The number of methoxy groups -OCH3 is 1. The zero-order chi connectivity index (χ0) is 15.2. The van der Waals surface area contributed by atoms with Gasteiger partial charge in [-0.2, -0.15) is 5.26 Å². The van der Waals surface area contributed by atoms with Crippen LogP contribution in [0.2, 0.25) is 0 Å². The Bertz CT molecular complexity index is 660. The molecular formula is C17H18N2O2. The Hall–Kier alpha value is -2.51. The fraction of sp³-hybridized carbons (Fsp3) is 0.235. The summed E-state index contributed by atoms with van der Waals surface area (Å²) in [6, 6.07) is 15.0. The lowest BCUT2D eigenvalue weighted by Gasteiger charge is -2.15. The molecule has 108 valence electrons. The van der Waals surface area contributed by atoms with Crippen molar-refractivity contribution < 1.29 is 9.47 Å². The summed E-state index contributed by atoms with van der Waals surface area (Å²) < 4.78 is 11.2. The highest BCUT2D eigenvalue weighted by molar-refractivity contribution is 5.42. The molecule has 4 nitrogen and oxygen atoms in total. The third-order valence-electron chi connectivity index (χ3n) is 3.20. The van der Waals surface area contributed by atoms with Crippen LogP contribution in [0, 0.1) is 11.3 Å². The van der Waals surface area contributed by atoms with Crippen molar-refractivity contribution in [1.82, 2.24) is 0 Å². The fourth-order valence-electron chi connectivity index (χ4n) is 2.10. The van der Waals surface area contributed by atoms with Gasteiger partial charge in [0.05, 0.1) is 18.7 Å².